The normalized spacial score (nSPS) is 24.2. The predicted molar refractivity (Wildman–Crippen MR) is 315 cm³/mol. The van der Waals surface area contributed by atoms with Crippen LogP contribution in [0.3, 0.4) is 0 Å². The Morgan fingerprint density at radius 3 is 1.67 bits per heavy atom. The van der Waals surface area contributed by atoms with E-state index in [0.717, 1.165) is 0 Å². The van der Waals surface area contributed by atoms with E-state index in [2.05, 4.69) is 298 Å². The van der Waals surface area contributed by atoms with Crippen molar-refractivity contribution in [3.8, 4) is 22.3 Å². The molecule has 5 aliphatic rings. The summed E-state index contributed by atoms with van der Waals surface area (Å²) in [6, 6.07) is 81.2. The summed E-state index contributed by atoms with van der Waals surface area (Å²) in [7, 11) is 0. The molecule has 0 saturated carbocycles. The lowest BCUT2D eigenvalue weighted by Crippen LogP contribution is -2.60. The van der Waals surface area contributed by atoms with Gasteiger partial charge in [-0.05, 0) is 151 Å². The molecule has 0 amide bonds. The van der Waals surface area contributed by atoms with E-state index in [1.54, 1.807) is 0 Å². The van der Waals surface area contributed by atoms with E-state index in [1.807, 2.05) is 0 Å². The minimum Gasteiger partial charge on any atom is -0.328 e. The van der Waals surface area contributed by atoms with Gasteiger partial charge in [0.25, 0.3) is 0 Å². The van der Waals surface area contributed by atoms with E-state index in [-0.39, 0.29) is 10.8 Å². The van der Waals surface area contributed by atoms with E-state index in [4.69, 9.17) is 0 Å². The van der Waals surface area contributed by atoms with Crippen LogP contribution < -0.4 is 4.90 Å². The quantitative estimate of drug-likeness (QED) is 0.155. The largest absolute Gasteiger partial charge is 0.328 e. The highest BCUT2D eigenvalue weighted by Gasteiger charge is 2.65. The van der Waals surface area contributed by atoms with Crippen LogP contribution in [0.4, 0.5) is 11.4 Å². The minimum absolute atomic E-state index is 0.100. The van der Waals surface area contributed by atoms with Gasteiger partial charge in [0.2, 0.25) is 0 Å². The highest BCUT2D eigenvalue weighted by molar-refractivity contribution is 5.99. The Balaban J connectivity index is 1.05. The number of hydrogen-bond donors (Lipinski definition) is 0. The molecular formula is C74H65N. The summed E-state index contributed by atoms with van der Waals surface area (Å²) < 4.78 is 0. The Morgan fingerprint density at radius 1 is 0.427 bits per heavy atom. The summed E-state index contributed by atoms with van der Waals surface area (Å²) in [5, 5.41) is 2.57. The van der Waals surface area contributed by atoms with Crippen LogP contribution in [0.5, 0.6) is 0 Å². The van der Waals surface area contributed by atoms with Gasteiger partial charge in [0.05, 0.1) is 11.0 Å². The Morgan fingerprint density at radius 2 is 1.00 bits per heavy atom. The van der Waals surface area contributed by atoms with Gasteiger partial charge in [0.1, 0.15) is 0 Å². The van der Waals surface area contributed by atoms with Crippen molar-refractivity contribution in [3.63, 3.8) is 0 Å². The van der Waals surface area contributed by atoms with Crippen molar-refractivity contribution < 1.29 is 0 Å². The molecule has 1 nitrogen and oxygen atoms in total. The molecule has 0 spiro atoms. The van der Waals surface area contributed by atoms with Gasteiger partial charge in [0, 0.05) is 33.0 Å². The van der Waals surface area contributed by atoms with Crippen LogP contribution >= 0.6 is 0 Å². The zero-order valence-corrected chi connectivity index (χ0v) is 44.9. The smallest absolute Gasteiger partial charge is 0.0833 e. The number of anilines is 2. The van der Waals surface area contributed by atoms with E-state index in [0.29, 0.717) is 0 Å². The molecule has 9 aromatic rings. The first-order valence-electron chi connectivity index (χ1n) is 27.3. The molecule has 0 bridgehead atoms. The van der Waals surface area contributed by atoms with Crippen LogP contribution in [0, 0.1) is 0 Å². The topological polar surface area (TPSA) is 3.24 Å². The minimum atomic E-state index is -0.581. The lowest BCUT2D eigenvalue weighted by atomic mass is 9.46. The number of nitrogens with zero attached hydrogens (tertiary/aromatic N) is 1. The molecule has 4 aliphatic carbocycles. The second-order valence-corrected chi connectivity index (χ2v) is 24.7. The second-order valence-electron chi connectivity index (χ2n) is 24.7. The first-order chi connectivity index (χ1) is 36.1. The third-order valence-electron chi connectivity index (χ3n) is 19.2. The van der Waals surface area contributed by atoms with E-state index in [9.17, 15) is 0 Å². The van der Waals surface area contributed by atoms with Crippen molar-refractivity contribution in [2.45, 2.75) is 100 Å². The van der Waals surface area contributed by atoms with Gasteiger partial charge in [-0.1, -0.05) is 247 Å². The average Bonchev–Trinajstić information content (AvgIpc) is 3.98. The Labute approximate surface area is 444 Å². The zero-order valence-electron chi connectivity index (χ0n) is 44.9. The van der Waals surface area contributed by atoms with Crippen LogP contribution in [0.15, 0.2) is 247 Å². The Kier molecular flexibility index (Phi) is 9.43. The van der Waals surface area contributed by atoms with Crippen LogP contribution in [0.2, 0.25) is 0 Å². The molecule has 75 heavy (non-hydrogen) atoms. The van der Waals surface area contributed by atoms with Gasteiger partial charge < -0.3 is 4.90 Å². The van der Waals surface area contributed by atoms with Gasteiger partial charge >= 0.3 is 0 Å². The predicted octanol–water partition coefficient (Wildman–Crippen LogP) is 18.3. The Hall–Kier alpha value is -7.74. The summed E-state index contributed by atoms with van der Waals surface area (Å²) in [6.07, 6.45) is 7.98. The fraction of sp³-hybridized carbons (Fsp3) is 0.216. The summed E-state index contributed by atoms with van der Waals surface area (Å²) >= 11 is 0. The van der Waals surface area contributed by atoms with Gasteiger partial charge in [-0.25, -0.2) is 0 Å². The molecule has 0 N–H and O–H groups in total. The third kappa shape index (κ3) is 5.90. The summed E-state index contributed by atoms with van der Waals surface area (Å²) in [5.41, 5.74) is 21.5. The van der Waals surface area contributed by atoms with E-state index >= 15 is 0 Å². The average molecular weight is 968 g/mol. The van der Waals surface area contributed by atoms with E-state index < -0.39 is 27.2 Å². The van der Waals surface area contributed by atoms with Crippen molar-refractivity contribution in [1.82, 2.24) is 0 Å². The van der Waals surface area contributed by atoms with Crippen molar-refractivity contribution in [2.75, 3.05) is 4.90 Å². The van der Waals surface area contributed by atoms with Crippen LogP contribution in [-0.4, -0.2) is 5.54 Å². The first kappa shape index (κ1) is 45.8. The van der Waals surface area contributed by atoms with Gasteiger partial charge in [-0.3, -0.25) is 0 Å². The maximum Gasteiger partial charge on any atom is 0.0833 e. The Bertz CT molecular complexity index is 3900. The molecule has 366 valence electrons. The second kappa shape index (κ2) is 15.4. The summed E-state index contributed by atoms with van der Waals surface area (Å²) in [5.74, 6) is 0. The van der Waals surface area contributed by atoms with Crippen molar-refractivity contribution in [3.05, 3.63) is 297 Å². The van der Waals surface area contributed by atoms with Crippen molar-refractivity contribution >= 4 is 22.1 Å². The van der Waals surface area contributed by atoms with Crippen LogP contribution in [0.1, 0.15) is 112 Å². The fourth-order valence-electron chi connectivity index (χ4n) is 15.9. The number of fused-ring (bicyclic) bond motifs is 11. The summed E-state index contributed by atoms with van der Waals surface area (Å²) in [4.78, 5) is 2.74. The zero-order chi connectivity index (χ0) is 51.5. The molecule has 0 radical (unpaired) electrons. The lowest BCUT2D eigenvalue weighted by molar-refractivity contribution is 0.399. The van der Waals surface area contributed by atoms with Crippen LogP contribution in [0.25, 0.3) is 33.0 Å². The molecule has 1 heteroatoms. The highest BCUT2D eigenvalue weighted by atomic mass is 15.2. The number of rotatable bonds is 5. The molecular weight excluding hydrogens is 903 g/mol. The summed E-state index contributed by atoms with van der Waals surface area (Å²) in [6.45, 7) is 22.1. The molecule has 9 aromatic carbocycles. The van der Waals surface area contributed by atoms with Crippen LogP contribution in [-0.2, 0) is 32.5 Å². The van der Waals surface area contributed by atoms with Gasteiger partial charge in [-0.2, -0.15) is 0 Å². The number of benzene rings is 9. The molecule has 4 unspecified atom stereocenters. The number of allylic oxidation sites excluding steroid dienone is 4. The molecule has 1 heterocycles. The maximum absolute atomic E-state index is 2.77. The van der Waals surface area contributed by atoms with Gasteiger partial charge in [-0.15, -0.1) is 0 Å². The van der Waals surface area contributed by atoms with Gasteiger partial charge in [0.15, 0.2) is 0 Å². The van der Waals surface area contributed by atoms with Crippen molar-refractivity contribution in [1.29, 1.82) is 0 Å². The standard InChI is InChI=1S/C74H65N/c1-68(2,3)51-37-32-48(33-38-51)49-34-39-52(40-35-49)70(6)44-45-72(8)66-67(70)73(9)62-31-21-20-30-61(62)69(4,5)64(73)47-71(66,7)65-56-27-17-16-22-50(56)36-43-63(65)75(72)55-41-42-60-58(46-55)57-28-18-19-29-59(57)74(60,53-23-12-10-13-24-53)54-25-14-11-15-26-54/h10-47H,1-9H3. The molecule has 1 aliphatic heterocycles. The van der Waals surface area contributed by atoms with E-state index in [1.165, 1.54) is 111 Å². The third-order valence-corrected chi connectivity index (χ3v) is 19.2. The number of hydrogen-bond acceptors (Lipinski definition) is 1. The molecule has 14 rings (SSSR count). The highest BCUT2D eigenvalue weighted by Crippen LogP contribution is 2.71. The lowest BCUT2D eigenvalue weighted by Gasteiger charge is -2.62. The fourth-order valence-corrected chi connectivity index (χ4v) is 15.9. The monoisotopic (exact) mass is 968 g/mol. The maximum atomic E-state index is 2.77. The molecule has 0 fully saturated rings. The molecule has 0 saturated heterocycles. The SMILES string of the molecule is CC(C)(C)c1ccc(-c2ccc(C3(C)C=CC4(C)C5=C3C3(C)C(=CC5(C)c5c(ccc6ccccc56)N4c4ccc5c(c4)-c4ccccc4C5(c4ccccc4)c4ccccc4)C(C)(C)c4ccccc43)cc2)cc1. The molecule has 4 atom stereocenters. The molecule has 0 aromatic heterocycles. The first-order valence-corrected chi connectivity index (χ1v) is 27.3. The van der Waals surface area contributed by atoms with Crippen molar-refractivity contribution in [2.24, 2.45) is 0 Å².